The van der Waals surface area contributed by atoms with Crippen LogP contribution >= 0.6 is 0 Å². The number of nitrogens with two attached hydrogens (primary N) is 1. The van der Waals surface area contributed by atoms with Gasteiger partial charge in [-0.25, -0.2) is 0 Å². The monoisotopic (exact) mass is 228 g/mol. The minimum atomic E-state index is -0.345. The third-order valence-electron chi connectivity index (χ3n) is 3.41. The van der Waals surface area contributed by atoms with Gasteiger partial charge < -0.3 is 15.4 Å². The molecule has 16 heavy (non-hydrogen) atoms. The number of ether oxygens (including phenoxy) is 1. The summed E-state index contributed by atoms with van der Waals surface area (Å²) in [5, 5.41) is 0. The maximum absolute atomic E-state index is 12.3. The SMILES string of the molecule is CN(C(=O)C(C)(C)CCN)C1CCOCC1. The van der Waals surface area contributed by atoms with Gasteiger partial charge in [0, 0.05) is 31.7 Å². The molecular weight excluding hydrogens is 204 g/mol. The maximum Gasteiger partial charge on any atom is 0.228 e. The lowest BCUT2D eigenvalue weighted by molar-refractivity contribution is -0.143. The van der Waals surface area contributed by atoms with Gasteiger partial charge >= 0.3 is 0 Å². The molecule has 1 saturated heterocycles. The van der Waals surface area contributed by atoms with Crippen LogP contribution in [0, 0.1) is 5.41 Å². The van der Waals surface area contributed by atoms with Gasteiger partial charge in [-0.05, 0) is 25.8 Å². The molecule has 1 heterocycles. The van der Waals surface area contributed by atoms with E-state index >= 15 is 0 Å². The largest absolute Gasteiger partial charge is 0.381 e. The lowest BCUT2D eigenvalue weighted by atomic mass is 9.87. The van der Waals surface area contributed by atoms with E-state index in [2.05, 4.69) is 0 Å². The molecule has 4 heteroatoms. The Bertz CT molecular complexity index is 235. The average Bonchev–Trinajstić information content (AvgIpc) is 2.28. The Balaban J connectivity index is 2.57. The summed E-state index contributed by atoms with van der Waals surface area (Å²) in [5.74, 6) is 0.199. The summed E-state index contributed by atoms with van der Waals surface area (Å²) >= 11 is 0. The van der Waals surface area contributed by atoms with Gasteiger partial charge in [0.05, 0.1) is 0 Å². The summed E-state index contributed by atoms with van der Waals surface area (Å²) in [6, 6.07) is 0.332. The smallest absolute Gasteiger partial charge is 0.228 e. The number of hydrogen-bond acceptors (Lipinski definition) is 3. The van der Waals surface area contributed by atoms with Gasteiger partial charge in [0.15, 0.2) is 0 Å². The van der Waals surface area contributed by atoms with Crippen LogP contribution in [0.15, 0.2) is 0 Å². The molecule has 0 aromatic rings. The van der Waals surface area contributed by atoms with Crippen LogP contribution in [0.2, 0.25) is 0 Å². The van der Waals surface area contributed by atoms with Crippen molar-refractivity contribution in [2.45, 2.75) is 39.2 Å². The van der Waals surface area contributed by atoms with Crippen LogP contribution < -0.4 is 5.73 Å². The zero-order valence-corrected chi connectivity index (χ0v) is 10.7. The lowest BCUT2D eigenvalue weighted by Gasteiger charge is -2.36. The van der Waals surface area contributed by atoms with Crippen molar-refractivity contribution < 1.29 is 9.53 Å². The zero-order chi connectivity index (χ0) is 12.2. The van der Waals surface area contributed by atoms with Crippen molar-refractivity contribution in [2.75, 3.05) is 26.8 Å². The van der Waals surface area contributed by atoms with Crippen LogP contribution in [0.4, 0.5) is 0 Å². The van der Waals surface area contributed by atoms with Crippen LogP contribution in [0.5, 0.6) is 0 Å². The van der Waals surface area contributed by atoms with E-state index in [1.165, 1.54) is 0 Å². The van der Waals surface area contributed by atoms with E-state index in [4.69, 9.17) is 10.5 Å². The lowest BCUT2D eigenvalue weighted by Crippen LogP contribution is -2.46. The topological polar surface area (TPSA) is 55.6 Å². The predicted molar refractivity (Wildman–Crippen MR) is 64.1 cm³/mol. The summed E-state index contributed by atoms with van der Waals surface area (Å²) in [6.45, 7) is 6.02. The molecule has 0 bridgehead atoms. The van der Waals surface area contributed by atoms with Crippen molar-refractivity contribution >= 4 is 5.91 Å². The molecule has 1 rings (SSSR count). The van der Waals surface area contributed by atoms with Crippen LogP contribution in [0.3, 0.4) is 0 Å². The molecular formula is C12H24N2O2. The fourth-order valence-corrected chi connectivity index (χ4v) is 2.18. The molecule has 94 valence electrons. The van der Waals surface area contributed by atoms with Gasteiger partial charge in [0.25, 0.3) is 0 Å². The van der Waals surface area contributed by atoms with Gasteiger partial charge in [0.1, 0.15) is 0 Å². The molecule has 0 aliphatic carbocycles. The Labute approximate surface area is 98.1 Å². The number of nitrogens with zero attached hydrogens (tertiary/aromatic N) is 1. The molecule has 0 aromatic carbocycles. The molecule has 0 spiro atoms. The van der Waals surface area contributed by atoms with Crippen LogP contribution in [0.25, 0.3) is 0 Å². The van der Waals surface area contributed by atoms with E-state index in [0.29, 0.717) is 12.6 Å². The molecule has 2 N–H and O–H groups in total. The molecule has 1 fully saturated rings. The van der Waals surface area contributed by atoms with Crippen molar-refractivity contribution in [2.24, 2.45) is 11.1 Å². The van der Waals surface area contributed by atoms with Crippen LogP contribution in [-0.4, -0.2) is 43.7 Å². The number of carbonyl (C=O) groups excluding carboxylic acids is 1. The second-order valence-corrected chi connectivity index (χ2v) is 5.18. The third-order valence-corrected chi connectivity index (χ3v) is 3.41. The quantitative estimate of drug-likeness (QED) is 0.781. The highest BCUT2D eigenvalue weighted by Gasteiger charge is 2.33. The standard InChI is InChI=1S/C12H24N2O2/c1-12(2,6-7-13)11(15)14(3)10-4-8-16-9-5-10/h10H,4-9,13H2,1-3H3. The molecule has 0 unspecified atom stereocenters. The third kappa shape index (κ3) is 3.19. The van der Waals surface area contributed by atoms with Gasteiger partial charge in [-0.1, -0.05) is 13.8 Å². The Morgan fingerprint density at radius 2 is 2.00 bits per heavy atom. The Morgan fingerprint density at radius 1 is 1.44 bits per heavy atom. The molecule has 1 amide bonds. The van der Waals surface area contributed by atoms with Gasteiger partial charge in [-0.2, -0.15) is 0 Å². The highest BCUT2D eigenvalue weighted by Crippen LogP contribution is 2.25. The van der Waals surface area contributed by atoms with E-state index < -0.39 is 0 Å². The van der Waals surface area contributed by atoms with E-state index in [9.17, 15) is 4.79 Å². The number of hydrogen-bond donors (Lipinski definition) is 1. The van der Waals surface area contributed by atoms with E-state index in [1.54, 1.807) is 0 Å². The van der Waals surface area contributed by atoms with Crippen molar-refractivity contribution in [3.8, 4) is 0 Å². The Hall–Kier alpha value is -0.610. The summed E-state index contributed by atoms with van der Waals surface area (Å²) in [6.07, 6.45) is 2.63. The highest BCUT2D eigenvalue weighted by molar-refractivity contribution is 5.82. The average molecular weight is 228 g/mol. The normalized spacial score (nSPS) is 18.5. The molecule has 1 aliphatic rings. The first-order valence-electron chi connectivity index (χ1n) is 6.04. The molecule has 0 atom stereocenters. The molecule has 4 nitrogen and oxygen atoms in total. The first kappa shape index (κ1) is 13.5. The van der Waals surface area contributed by atoms with Gasteiger partial charge in [0.2, 0.25) is 5.91 Å². The number of rotatable bonds is 4. The Kier molecular flexibility index (Phi) is 4.74. The second kappa shape index (κ2) is 5.64. The van der Waals surface area contributed by atoms with E-state index in [-0.39, 0.29) is 11.3 Å². The summed E-state index contributed by atoms with van der Waals surface area (Å²) < 4.78 is 5.30. The summed E-state index contributed by atoms with van der Waals surface area (Å²) in [4.78, 5) is 14.2. The van der Waals surface area contributed by atoms with Crippen molar-refractivity contribution in [3.05, 3.63) is 0 Å². The fraction of sp³-hybridized carbons (Fsp3) is 0.917. The van der Waals surface area contributed by atoms with Gasteiger partial charge in [-0.15, -0.1) is 0 Å². The Morgan fingerprint density at radius 3 is 2.50 bits per heavy atom. The summed E-state index contributed by atoms with van der Waals surface area (Å²) in [7, 11) is 1.90. The minimum Gasteiger partial charge on any atom is -0.381 e. The molecule has 0 saturated carbocycles. The number of carbonyl (C=O) groups is 1. The predicted octanol–water partition coefficient (Wildman–Crippen LogP) is 0.999. The zero-order valence-electron chi connectivity index (χ0n) is 10.7. The first-order valence-corrected chi connectivity index (χ1v) is 6.04. The first-order chi connectivity index (χ1) is 7.49. The molecule has 0 radical (unpaired) electrons. The van der Waals surface area contributed by atoms with Gasteiger partial charge in [-0.3, -0.25) is 4.79 Å². The molecule has 0 aromatic heterocycles. The van der Waals surface area contributed by atoms with Crippen molar-refractivity contribution in [3.63, 3.8) is 0 Å². The van der Waals surface area contributed by atoms with Crippen molar-refractivity contribution in [1.29, 1.82) is 0 Å². The second-order valence-electron chi connectivity index (χ2n) is 5.18. The van der Waals surface area contributed by atoms with Crippen molar-refractivity contribution in [1.82, 2.24) is 4.90 Å². The summed E-state index contributed by atoms with van der Waals surface area (Å²) in [5.41, 5.74) is 5.19. The van der Waals surface area contributed by atoms with Crippen LogP contribution in [-0.2, 0) is 9.53 Å². The number of amides is 1. The van der Waals surface area contributed by atoms with Crippen LogP contribution in [0.1, 0.15) is 33.1 Å². The molecule has 1 aliphatic heterocycles. The van der Waals surface area contributed by atoms with E-state index in [0.717, 1.165) is 32.5 Å². The van der Waals surface area contributed by atoms with E-state index in [1.807, 2.05) is 25.8 Å². The highest BCUT2D eigenvalue weighted by atomic mass is 16.5. The maximum atomic E-state index is 12.3. The minimum absolute atomic E-state index is 0.199. The fourth-order valence-electron chi connectivity index (χ4n) is 2.18.